The van der Waals surface area contributed by atoms with E-state index in [9.17, 15) is 14.3 Å². The molecule has 0 amide bonds. The van der Waals surface area contributed by atoms with E-state index in [4.69, 9.17) is 0 Å². The Morgan fingerprint density at radius 1 is 1.50 bits per heavy atom. The number of hydrogen-bond acceptors (Lipinski definition) is 2. The summed E-state index contributed by atoms with van der Waals surface area (Å²) in [4.78, 5) is 10.5. The molecule has 0 unspecified atom stereocenters. The first-order valence-electron chi connectivity index (χ1n) is 4.61. The lowest BCUT2D eigenvalue weighted by atomic mass is 9.92. The fourth-order valence-corrected chi connectivity index (χ4v) is 1.83. The molecule has 1 N–H and O–H groups in total. The summed E-state index contributed by atoms with van der Waals surface area (Å²) in [6, 6.07) is 3.89. The van der Waals surface area contributed by atoms with Crippen LogP contribution in [0.1, 0.15) is 24.8 Å². The number of carbonyl (C=O) groups excluding carboxylic acids is 1. The van der Waals surface area contributed by atoms with Crippen LogP contribution in [0, 0.1) is 5.82 Å². The maximum absolute atomic E-state index is 12.9. The fourth-order valence-electron chi connectivity index (χ4n) is 1.83. The molecule has 2 rings (SSSR count). The molecule has 1 fully saturated rings. The summed E-state index contributed by atoms with van der Waals surface area (Å²) in [7, 11) is 0. The predicted molar refractivity (Wildman–Crippen MR) is 49.7 cm³/mol. The van der Waals surface area contributed by atoms with Crippen LogP contribution in [0.25, 0.3) is 0 Å². The van der Waals surface area contributed by atoms with Gasteiger partial charge in [0.05, 0.1) is 0 Å². The quantitative estimate of drug-likeness (QED) is 0.748. The molecule has 74 valence electrons. The molecular formula is C11H11FO2. The smallest absolute Gasteiger partial charge is 0.123 e. The minimum absolute atomic E-state index is 0.0887. The zero-order valence-corrected chi connectivity index (χ0v) is 7.66. The van der Waals surface area contributed by atoms with Crippen LogP contribution in [0.3, 0.4) is 0 Å². The molecule has 0 aliphatic heterocycles. The van der Waals surface area contributed by atoms with E-state index in [0.29, 0.717) is 12.0 Å². The Balaban J connectivity index is 2.40. The number of aldehydes is 1. The molecule has 1 aliphatic rings. The zero-order valence-electron chi connectivity index (χ0n) is 7.66. The van der Waals surface area contributed by atoms with E-state index >= 15 is 0 Å². The molecular weight excluding hydrogens is 183 g/mol. The van der Waals surface area contributed by atoms with Gasteiger partial charge in [-0.1, -0.05) is 0 Å². The zero-order chi connectivity index (χ0) is 10.2. The molecule has 1 saturated carbocycles. The second kappa shape index (κ2) is 3.08. The van der Waals surface area contributed by atoms with Gasteiger partial charge in [-0.25, -0.2) is 4.39 Å². The Morgan fingerprint density at radius 2 is 2.21 bits per heavy atom. The fraction of sp³-hybridized carbons (Fsp3) is 0.364. The van der Waals surface area contributed by atoms with E-state index in [1.807, 2.05) is 0 Å². The van der Waals surface area contributed by atoms with Gasteiger partial charge >= 0.3 is 0 Å². The van der Waals surface area contributed by atoms with Gasteiger partial charge in [0.2, 0.25) is 0 Å². The van der Waals surface area contributed by atoms with Crippen LogP contribution in [0.15, 0.2) is 18.2 Å². The molecule has 2 nitrogen and oxygen atoms in total. The lowest BCUT2D eigenvalue weighted by Gasteiger charge is -2.13. The van der Waals surface area contributed by atoms with Crippen molar-refractivity contribution in [1.82, 2.24) is 0 Å². The standard InChI is InChI=1S/C11H11FO2/c12-8-1-2-10(14)9(7-8)11(3-4-11)5-6-13/h1-2,6-7,14H,3-5H2. The second-order valence-corrected chi connectivity index (χ2v) is 3.81. The van der Waals surface area contributed by atoms with Gasteiger partial charge in [-0.3, -0.25) is 0 Å². The monoisotopic (exact) mass is 194 g/mol. The highest BCUT2D eigenvalue weighted by Crippen LogP contribution is 2.53. The van der Waals surface area contributed by atoms with Crippen LogP contribution in [0.2, 0.25) is 0 Å². The van der Waals surface area contributed by atoms with Crippen LogP contribution >= 0.6 is 0 Å². The van der Waals surface area contributed by atoms with E-state index in [1.165, 1.54) is 18.2 Å². The Morgan fingerprint density at radius 3 is 2.79 bits per heavy atom. The topological polar surface area (TPSA) is 37.3 Å². The number of aromatic hydroxyl groups is 1. The summed E-state index contributed by atoms with van der Waals surface area (Å²) in [5, 5.41) is 9.55. The van der Waals surface area contributed by atoms with Gasteiger partial charge in [-0.05, 0) is 31.0 Å². The number of rotatable bonds is 3. The van der Waals surface area contributed by atoms with E-state index in [2.05, 4.69) is 0 Å². The molecule has 3 heteroatoms. The SMILES string of the molecule is O=CCC1(c2cc(F)ccc2O)CC1. The van der Waals surface area contributed by atoms with Crippen molar-refractivity contribution < 1.29 is 14.3 Å². The Labute approximate surface area is 81.4 Å². The number of carbonyl (C=O) groups is 1. The van der Waals surface area contributed by atoms with E-state index in [-0.39, 0.29) is 17.0 Å². The molecule has 1 aromatic rings. The summed E-state index contributed by atoms with van der Waals surface area (Å²) >= 11 is 0. The van der Waals surface area contributed by atoms with E-state index in [1.54, 1.807) is 0 Å². The maximum Gasteiger partial charge on any atom is 0.123 e. The minimum atomic E-state index is -0.366. The minimum Gasteiger partial charge on any atom is -0.508 e. The first kappa shape index (κ1) is 9.19. The third-order valence-corrected chi connectivity index (χ3v) is 2.86. The van der Waals surface area contributed by atoms with Crippen LogP contribution < -0.4 is 0 Å². The first-order valence-corrected chi connectivity index (χ1v) is 4.61. The van der Waals surface area contributed by atoms with Gasteiger partial charge < -0.3 is 9.90 Å². The molecule has 14 heavy (non-hydrogen) atoms. The predicted octanol–water partition coefficient (Wildman–Crippen LogP) is 2.15. The Hall–Kier alpha value is -1.38. The van der Waals surface area contributed by atoms with Crippen LogP contribution in [-0.4, -0.2) is 11.4 Å². The van der Waals surface area contributed by atoms with Crippen molar-refractivity contribution in [2.45, 2.75) is 24.7 Å². The third-order valence-electron chi connectivity index (χ3n) is 2.86. The highest BCUT2D eigenvalue weighted by Gasteiger charge is 2.45. The van der Waals surface area contributed by atoms with Gasteiger partial charge in [-0.2, -0.15) is 0 Å². The van der Waals surface area contributed by atoms with Crippen molar-refractivity contribution in [2.75, 3.05) is 0 Å². The van der Waals surface area contributed by atoms with Gasteiger partial charge in [0.1, 0.15) is 17.9 Å². The van der Waals surface area contributed by atoms with Gasteiger partial charge in [-0.15, -0.1) is 0 Å². The largest absolute Gasteiger partial charge is 0.508 e. The molecule has 0 aromatic heterocycles. The number of hydrogen-bond donors (Lipinski definition) is 1. The summed E-state index contributed by atoms with van der Waals surface area (Å²) in [6.07, 6.45) is 2.90. The molecule has 0 saturated heterocycles. The van der Waals surface area contributed by atoms with E-state index < -0.39 is 0 Å². The Bertz CT molecular complexity index is 370. The van der Waals surface area contributed by atoms with Gasteiger partial charge in [0, 0.05) is 17.4 Å². The highest BCUT2D eigenvalue weighted by atomic mass is 19.1. The van der Waals surface area contributed by atoms with Crippen molar-refractivity contribution in [3.63, 3.8) is 0 Å². The number of phenolic OH excluding ortho intramolecular Hbond substituents is 1. The Kier molecular flexibility index (Phi) is 2.02. The molecule has 0 heterocycles. The molecule has 1 aliphatic carbocycles. The number of halogens is 1. The summed E-state index contributed by atoms with van der Waals surface area (Å²) in [6.45, 7) is 0. The average Bonchev–Trinajstić information content (AvgIpc) is 2.91. The van der Waals surface area contributed by atoms with Crippen molar-refractivity contribution in [1.29, 1.82) is 0 Å². The number of benzene rings is 1. The number of phenols is 1. The van der Waals surface area contributed by atoms with Crippen molar-refractivity contribution in [2.24, 2.45) is 0 Å². The molecule has 0 radical (unpaired) electrons. The van der Waals surface area contributed by atoms with Crippen LogP contribution in [0.4, 0.5) is 4.39 Å². The van der Waals surface area contributed by atoms with Crippen LogP contribution in [0.5, 0.6) is 5.75 Å². The lowest BCUT2D eigenvalue weighted by molar-refractivity contribution is -0.108. The molecule has 1 aromatic carbocycles. The summed E-state index contributed by atoms with van der Waals surface area (Å²) in [5.74, 6) is -0.277. The van der Waals surface area contributed by atoms with Crippen molar-refractivity contribution in [3.8, 4) is 5.75 Å². The highest BCUT2D eigenvalue weighted by molar-refractivity contribution is 5.57. The van der Waals surface area contributed by atoms with Crippen molar-refractivity contribution in [3.05, 3.63) is 29.6 Å². The maximum atomic E-state index is 12.9. The van der Waals surface area contributed by atoms with Crippen LogP contribution in [-0.2, 0) is 10.2 Å². The normalized spacial score (nSPS) is 17.8. The summed E-state index contributed by atoms with van der Waals surface area (Å²) in [5.41, 5.74) is 0.290. The van der Waals surface area contributed by atoms with Crippen molar-refractivity contribution >= 4 is 6.29 Å². The average molecular weight is 194 g/mol. The molecule has 0 bridgehead atoms. The third kappa shape index (κ3) is 1.39. The summed E-state index contributed by atoms with van der Waals surface area (Å²) < 4.78 is 12.9. The van der Waals surface area contributed by atoms with Gasteiger partial charge in [0.15, 0.2) is 0 Å². The molecule has 0 spiro atoms. The lowest BCUT2D eigenvalue weighted by Crippen LogP contribution is -2.07. The second-order valence-electron chi connectivity index (χ2n) is 3.81. The first-order chi connectivity index (χ1) is 6.68. The van der Waals surface area contributed by atoms with Gasteiger partial charge in [0.25, 0.3) is 0 Å². The molecule has 0 atom stereocenters. The van der Waals surface area contributed by atoms with E-state index in [0.717, 1.165) is 19.1 Å².